The van der Waals surface area contributed by atoms with Crippen molar-refractivity contribution < 1.29 is 9.59 Å². The van der Waals surface area contributed by atoms with Crippen molar-refractivity contribution in [2.24, 2.45) is 5.41 Å². The van der Waals surface area contributed by atoms with Crippen LogP contribution in [-0.4, -0.2) is 61.4 Å². The first-order chi connectivity index (χ1) is 10.0. The first-order valence-corrected chi connectivity index (χ1v) is 7.39. The van der Waals surface area contributed by atoms with Gasteiger partial charge in [-0.3, -0.25) is 14.5 Å². The molecule has 21 heavy (non-hydrogen) atoms. The second kappa shape index (κ2) is 6.77. The van der Waals surface area contributed by atoms with Crippen molar-refractivity contribution in [2.75, 3.05) is 39.8 Å². The number of terminal acetylenes is 1. The van der Waals surface area contributed by atoms with E-state index in [9.17, 15) is 9.59 Å². The van der Waals surface area contributed by atoms with Crippen molar-refractivity contribution in [1.29, 1.82) is 0 Å². The summed E-state index contributed by atoms with van der Waals surface area (Å²) >= 11 is 0. The Hall–Kier alpha value is -1.80. The Balaban J connectivity index is 1.86. The molecule has 0 aromatic carbocycles. The average molecular weight is 289 g/mol. The lowest BCUT2D eigenvalue weighted by Gasteiger charge is -2.38. The van der Waals surface area contributed by atoms with Gasteiger partial charge in [-0.05, 0) is 19.9 Å². The first-order valence-electron chi connectivity index (χ1n) is 7.39. The average Bonchev–Trinajstić information content (AvgIpc) is 2.79. The summed E-state index contributed by atoms with van der Waals surface area (Å²) in [5.41, 5.74) is -0.0426. The maximum Gasteiger partial charge on any atom is 0.246 e. The molecule has 2 saturated heterocycles. The number of hydrogen-bond acceptors (Lipinski definition) is 3. The van der Waals surface area contributed by atoms with Crippen LogP contribution in [-0.2, 0) is 9.59 Å². The third kappa shape index (κ3) is 4.08. The van der Waals surface area contributed by atoms with Crippen molar-refractivity contribution >= 4 is 11.8 Å². The topological polar surface area (TPSA) is 52.7 Å². The molecule has 0 saturated carbocycles. The van der Waals surface area contributed by atoms with Crippen LogP contribution < -0.4 is 5.32 Å². The third-order valence-corrected chi connectivity index (χ3v) is 4.21. The maximum atomic E-state index is 12.2. The Kier molecular flexibility index (Phi) is 5.03. The molecule has 114 valence electrons. The Morgan fingerprint density at radius 2 is 2.43 bits per heavy atom. The van der Waals surface area contributed by atoms with Gasteiger partial charge >= 0.3 is 0 Å². The van der Waals surface area contributed by atoms with Crippen molar-refractivity contribution in [3.8, 4) is 12.3 Å². The summed E-state index contributed by atoms with van der Waals surface area (Å²) in [6.07, 6.45) is 11.2. The van der Waals surface area contributed by atoms with Gasteiger partial charge in [-0.2, -0.15) is 0 Å². The smallest absolute Gasteiger partial charge is 0.246 e. The quantitative estimate of drug-likeness (QED) is 0.596. The number of hydrogen-bond donors (Lipinski definition) is 1. The molecule has 1 N–H and O–H groups in total. The normalized spacial score (nSPS) is 25.6. The van der Waals surface area contributed by atoms with Gasteiger partial charge in [-0.15, -0.1) is 6.42 Å². The minimum Gasteiger partial charge on any atom is -0.355 e. The van der Waals surface area contributed by atoms with Crippen LogP contribution in [0.3, 0.4) is 0 Å². The molecule has 0 radical (unpaired) electrons. The molecule has 0 aromatic rings. The lowest BCUT2D eigenvalue weighted by atomic mass is 9.79. The third-order valence-electron chi connectivity index (χ3n) is 4.21. The number of carbonyl (C=O) groups excluding carboxylic acids is 2. The van der Waals surface area contributed by atoms with E-state index < -0.39 is 0 Å². The molecule has 2 heterocycles. The second-order valence-corrected chi connectivity index (χ2v) is 6.12. The number of nitrogens with zero attached hydrogens (tertiary/aromatic N) is 2. The van der Waals surface area contributed by atoms with Crippen LogP contribution in [0.4, 0.5) is 0 Å². The van der Waals surface area contributed by atoms with Gasteiger partial charge in [0.2, 0.25) is 11.8 Å². The number of nitrogens with one attached hydrogen (secondary N) is 1. The van der Waals surface area contributed by atoms with E-state index in [1.165, 1.54) is 0 Å². The molecule has 2 rings (SSSR count). The van der Waals surface area contributed by atoms with E-state index in [0.717, 1.165) is 19.4 Å². The van der Waals surface area contributed by atoms with E-state index in [2.05, 4.69) is 11.2 Å². The standard InChI is InChI=1S/C16H23N3O2/c1-3-8-18(2)9-4-6-15(21)19-10-5-7-16(13-19)11-14(20)17-12-16/h1,4,6H,5,7-13H2,2H3,(H,17,20)/b6-4+. The molecule has 0 bridgehead atoms. The number of piperidine rings is 1. The molecule has 1 atom stereocenters. The monoisotopic (exact) mass is 289 g/mol. The Morgan fingerprint density at radius 3 is 3.10 bits per heavy atom. The summed E-state index contributed by atoms with van der Waals surface area (Å²) in [5, 5.41) is 2.89. The second-order valence-electron chi connectivity index (χ2n) is 6.12. The fraction of sp³-hybridized carbons (Fsp3) is 0.625. The molecule has 2 aliphatic rings. The summed E-state index contributed by atoms with van der Waals surface area (Å²) in [7, 11) is 1.92. The van der Waals surface area contributed by atoms with Crippen molar-refractivity contribution in [3.63, 3.8) is 0 Å². The largest absolute Gasteiger partial charge is 0.355 e. The Bertz CT molecular complexity index is 480. The highest BCUT2D eigenvalue weighted by Gasteiger charge is 2.42. The van der Waals surface area contributed by atoms with Gasteiger partial charge in [0, 0.05) is 44.1 Å². The summed E-state index contributed by atoms with van der Waals surface area (Å²) in [6, 6.07) is 0. The molecule has 2 aliphatic heterocycles. The van der Waals surface area contributed by atoms with Gasteiger partial charge in [0.15, 0.2) is 0 Å². The van der Waals surface area contributed by atoms with E-state index >= 15 is 0 Å². The van der Waals surface area contributed by atoms with Gasteiger partial charge in [0.1, 0.15) is 0 Å². The maximum absolute atomic E-state index is 12.2. The molecule has 2 fully saturated rings. The molecular weight excluding hydrogens is 266 g/mol. The number of rotatable bonds is 4. The zero-order valence-electron chi connectivity index (χ0n) is 12.6. The number of likely N-dealkylation sites (N-methyl/N-ethyl adjacent to an activating group) is 1. The Labute approximate surface area is 126 Å². The molecule has 5 nitrogen and oxygen atoms in total. The molecule has 1 spiro atoms. The van der Waals surface area contributed by atoms with Crippen LogP contribution in [0.5, 0.6) is 0 Å². The molecule has 5 heteroatoms. The van der Waals surface area contributed by atoms with E-state index in [4.69, 9.17) is 6.42 Å². The van der Waals surface area contributed by atoms with Gasteiger partial charge in [-0.1, -0.05) is 12.0 Å². The fourth-order valence-corrected chi connectivity index (χ4v) is 3.10. The first kappa shape index (κ1) is 15.6. The molecule has 0 aliphatic carbocycles. The van der Waals surface area contributed by atoms with Crippen molar-refractivity contribution in [1.82, 2.24) is 15.1 Å². The van der Waals surface area contributed by atoms with E-state index in [-0.39, 0.29) is 17.2 Å². The van der Waals surface area contributed by atoms with Gasteiger partial charge in [-0.25, -0.2) is 0 Å². The summed E-state index contributed by atoms with van der Waals surface area (Å²) < 4.78 is 0. The summed E-state index contributed by atoms with van der Waals surface area (Å²) in [4.78, 5) is 27.5. The van der Waals surface area contributed by atoms with Crippen molar-refractivity contribution in [2.45, 2.75) is 19.3 Å². The minimum absolute atomic E-state index is 0.0301. The van der Waals surface area contributed by atoms with Crippen molar-refractivity contribution in [3.05, 3.63) is 12.2 Å². The van der Waals surface area contributed by atoms with Gasteiger partial charge < -0.3 is 10.2 Å². The highest BCUT2D eigenvalue weighted by atomic mass is 16.2. The summed E-state index contributed by atoms with van der Waals surface area (Å²) in [6.45, 7) is 3.38. The minimum atomic E-state index is -0.0426. The van der Waals surface area contributed by atoms with E-state index in [1.54, 1.807) is 6.08 Å². The molecule has 1 unspecified atom stereocenters. The summed E-state index contributed by atoms with van der Waals surface area (Å²) in [5.74, 6) is 2.70. The molecule has 0 aromatic heterocycles. The molecular formula is C16H23N3O2. The number of amides is 2. The lowest BCUT2D eigenvalue weighted by molar-refractivity contribution is -0.130. The van der Waals surface area contributed by atoms with Crippen LogP contribution in [0.25, 0.3) is 0 Å². The lowest BCUT2D eigenvalue weighted by Crippen LogP contribution is -2.46. The number of likely N-dealkylation sites (tertiary alicyclic amines) is 1. The number of carbonyl (C=O) groups is 2. The Morgan fingerprint density at radius 1 is 1.62 bits per heavy atom. The van der Waals surface area contributed by atoms with Crippen LogP contribution in [0.2, 0.25) is 0 Å². The predicted molar refractivity (Wildman–Crippen MR) is 81.3 cm³/mol. The van der Waals surface area contributed by atoms with Gasteiger partial charge in [0.25, 0.3) is 0 Å². The fourth-order valence-electron chi connectivity index (χ4n) is 3.10. The predicted octanol–water partition coefficient (Wildman–Crippen LogP) is 0.236. The van der Waals surface area contributed by atoms with Crippen LogP contribution in [0.15, 0.2) is 12.2 Å². The van der Waals surface area contributed by atoms with E-state index in [0.29, 0.717) is 32.6 Å². The highest BCUT2D eigenvalue weighted by molar-refractivity contribution is 5.88. The van der Waals surface area contributed by atoms with Crippen LogP contribution >= 0.6 is 0 Å². The SMILES string of the molecule is C#CCN(C)C/C=C/C(=O)N1CCCC2(CNC(=O)C2)C1. The van der Waals surface area contributed by atoms with Gasteiger partial charge in [0.05, 0.1) is 6.54 Å². The van der Waals surface area contributed by atoms with Crippen LogP contribution in [0, 0.1) is 17.8 Å². The van der Waals surface area contributed by atoms with E-state index in [1.807, 2.05) is 22.9 Å². The molecule has 2 amide bonds. The highest BCUT2D eigenvalue weighted by Crippen LogP contribution is 2.35. The zero-order valence-corrected chi connectivity index (χ0v) is 12.6. The zero-order chi connectivity index (χ0) is 15.3. The van der Waals surface area contributed by atoms with Crippen LogP contribution in [0.1, 0.15) is 19.3 Å².